The first-order chi connectivity index (χ1) is 13.5. The van der Waals surface area contributed by atoms with E-state index in [0.717, 1.165) is 15.7 Å². The fraction of sp³-hybridized carbons (Fsp3) is 0.286. The standard InChI is InChI=1S/C21H22BrN3O3/c22-16-6-8-17(9-7-16)24-20(27)11-12-23-19(26)10-5-15-13-14-3-1-2-4-18(14)25-21(15)28/h1-4,6-9,15H,5,10-13H2,(H,23,26)(H,24,27)(H,25,28). The quantitative estimate of drug-likeness (QED) is 0.611. The van der Waals surface area contributed by atoms with Crippen molar-refractivity contribution in [3.63, 3.8) is 0 Å². The van der Waals surface area contributed by atoms with E-state index in [-0.39, 0.29) is 43.0 Å². The van der Waals surface area contributed by atoms with Crippen molar-refractivity contribution in [1.29, 1.82) is 0 Å². The summed E-state index contributed by atoms with van der Waals surface area (Å²) in [4.78, 5) is 36.1. The van der Waals surface area contributed by atoms with Crippen molar-refractivity contribution in [1.82, 2.24) is 5.32 Å². The van der Waals surface area contributed by atoms with Gasteiger partial charge in [-0.1, -0.05) is 34.1 Å². The second-order valence-corrected chi connectivity index (χ2v) is 7.66. The van der Waals surface area contributed by atoms with Crippen LogP contribution in [0, 0.1) is 5.92 Å². The topological polar surface area (TPSA) is 87.3 Å². The van der Waals surface area contributed by atoms with Gasteiger partial charge in [-0.2, -0.15) is 0 Å². The third-order valence-corrected chi connectivity index (χ3v) is 5.16. The molecule has 6 nitrogen and oxygen atoms in total. The average molecular weight is 444 g/mol. The molecule has 0 aromatic heterocycles. The predicted octanol–water partition coefficient (Wildman–Crippen LogP) is 3.49. The van der Waals surface area contributed by atoms with Crippen LogP contribution in [0.25, 0.3) is 0 Å². The lowest BCUT2D eigenvalue weighted by Gasteiger charge is -2.24. The minimum Gasteiger partial charge on any atom is -0.356 e. The van der Waals surface area contributed by atoms with Crippen molar-refractivity contribution in [3.8, 4) is 0 Å². The van der Waals surface area contributed by atoms with Crippen LogP contribution >= 0.6 is 15.9 Å². The van der Waals surface area contributed by atoms with E-state index in [1.807, 2.05) is 36.4 Å². The highest BCUT2D eigenvalue weighted by Gasteiger charge is 2.26. The molecule has 0 saturated carbocycles. The van der Waals surface area contributed by atoms with E-state index in [1.165, 1.54) is 0 Å². The van der Waals surface area contributed by atoms with Gasteiger partial charge in [0.05, 0.1) is 0 Å². The molecule has 0 fully saturated rings. The molecule has 1 heterocycles. The third kappa shape index (κ3) is 5.66. The number of fused-ring (bicyclic) bond motifs is 1. The summed E-state index contributed by atoms with van der Waals surface area (Å²) in [5.41, 5.74) is 2.66. The Labute approximate surface area is 172 Å². The number of anilines is 2. The molecule has 3 amide bonds. The molecule has 0 radical (unpaired) electrons. The fourth-order valence-corrected chi connectivity index (χ4v) is 3.38. The maximum atomic E-state index is 12.2. The van der Waals surface area contributed by atoms with Crippen LogP contribution in [0.15, 0.2) is 53.0 Å². The Balaban J connectivity index is 1.36. The van der Waals surface area contributed by atoms with Crippen LogP contribution in [0.2, 0.25) is 0 Å². The highest BCUT2D eigenvalue weighted by molar-refractivity contribution is 9.10. The minimum absolute atomic E-state index is 0.0413. The molecule has 1 aliphatic rings. The van der Waals surface area contributed by atoms with Crippen LogP contribution < -0.4 is 16.0 Å². The fourth-order valence-electron chi connectivity index (χ4n) is 3.11. The van der Waals surface area contributed by atoms with Gasteiger partial charge >= 0.3 is 0 Å². The number of hydrogen-bond acceptors (Lipinski definition) is 3. The number of rotatable bonds is 7. The first kappa shape index (κ1) is 20.1. The Morgan fingerprint density at radius 1 is 1.04 bits per heavy atom. The number of amides is 3. The van der Waals surface area contributed by atoms with Crippen LogP contribution in [0.1, 0.15) is 24.8 Å². The van der Waals surface area contributed by atoms with Gasteiger partial charge in [-0.25, -0.2) is 0 Å². The second-order valence-electron chi connectivity index (χ2n) is 6.74. The van der Waals surface area contributed by atoms with E-state index in [2.05, 4.69) is 31.9 Å². The monoisotopic (exact) mass is 443 g/mol. The number of carbonyl (C=O) groups excluding carboxylic acids is 3. The lowest BCUT2D eigenvalue weighted by atomic mass is 9.89. The van der Waals surface area contributed by atoms with Crippen molar-refractivity contribution in [2.75, 3.05) is 17.2 Å². The summed E-state index contributed by atoms with van der Waals surface area (Å²) >= 11 is 3.34. The van der Waals surface area contributed by atoms with Gasteiger partial charge in [-0.05, 0) is 48.7 Å². The molecule has 0 bridgehead atoms. The zero-order valence-corrected chi connectivity index (χ0v) is 16.9. The van der Waals surface area contributed by atoms with E-state index in [1.54, 1.807) is 12.1 Å². The second kappa shape index (κ2) is 9.50. The molecule has 0 aliphatic carbocycles. The summed E-state index contributed by atoms with van der Waals surface area (Å²) in [6, 6.07) is 15.0. The van der Waals surface area contributed by atoms with Crippen LogP contribution in [0.4, 0.5) is 11.4 Å². The Kier molecular flexibility index (Phi) is 6.81. The molecule has 2 aromatic rings. The van der Waals surface area contributed by atoms with E-state index in [4.69, 9.17) is 0 Å². The number of benzene rings is 2. The SMILES string of the molecule is O=C(CCC1Cc2ccccc2NC1=O)NCCC(=O)Nc1ccc(Br)cc1. The lowest BCUT2D eigenvalue weighted by Crippen LogP contribution is -2.32. The van der Waals surface area contributed by atoms with Gasteiger partial charge in [0.1, 0.15) is 0 Å². The number of nitrogens with one attached hydrogen (secondary N) is 3. The molecule has 0 spiro atoms. The predicted molar refractivity (Wildman–Crippen MR) is 112 cm³/mol. The Morgan fingerprint density at radius 3 is 2.57 bits per heavy atom. The maximum absolute atomic E-state index is 12.2. The van der Waals surface area contributed by atoms with Crippen molar-refractivity contribution in [3.05, 3.63) is 58.6 Å². The number of halogens is 1. The van der Waals surface area contributed by atoms with Gasteiger partial charge in [-0.3, -0.25) is 14.4 Å². The Bertz CT molecular complexity index is 867. The molecule has 1 atom stereocenters. The first-order valence-corrected chi connectivity index (χ1v) is 10.0. The van der Waals surface area contributed by atoms with Gasteiger partial charge in [0.2, 0.25) is 17.7 Å². The van der Waals surface area contributed by atoms with Crippen LogP contribution in [0.3, 0.4) is 0 Å². The normalized spacial score (nSPS) is 15.3. The third-order valence-electron chi connectivity index (χ3n) is 4.63. The number of para-hydroxylation sites is 1. The van der Waals surface area contributed by atoms with E-state index in [9.17, 15) is 14.4 Å². The van der Waals surface area contributed by atoms with Gasteiger partial charge in [-0.15, -0.1) is 0 Å². The highest BCUT2D eigenvalue weighted by Crippen LogP contribution is 2.27. The van der Waals surface area contributed by atoms with Crippen molar-refractivity contribution < 1.29 is 14.4 Å². The summed E-state index contributed by atoms with van der Waals surface area (Å²) in [6.07, 6.45) is 1.58. The molecule has 3 N–H and O–H groups in total. The zero-order chi connectivity index (χ0) is 19.9. The lowest BCUT2D eigenvalue weighted by molar-refractivity contribution is -0.122. The first-order valence-electron chi connectivity index (χ1n) is 9.22. The number of hydrogen-bond donors (Lipinski definition) is 3. The summed E-state index contributed by atoms with van der Waals surface area (Å²) in [5.74, 6) is -0.560. The smallest absolute Gasteiger partial charge is 0.227 e. The molecular weight excluding hydrogens is 422 g/mol. The summed E-state index contributed by atoms with van der Waals surface area (Å²) in [7, 11) is 0. The molecule has 1 aliphatic heterocycles. The summed E-state index contributed by atoms with van der Waals surface area (Å²) in [6.45, 7) is 0.265. The molecule has 0 saturated heterocycles. The molecule has 28 heavy (non-hydrogen) atoms. The molecule has 146 valence electrons. The van der Waals surface area contributed by atoms with Gasteiger partial charge in [0.15, 0.2) is 0 Å². The maximum Gasteiger partial charge on any atom is 0.227 e. The van der Waals surface area contributed by atoms with Crippen molar-refractivity contribution in [2.24, 2.45) is 5.92 Å². The zero-order valence-electron chi connectivity index (χ0n) is 15.3. The minimum atomic E-state index is -0.207. The number of carbonyl (C=O) groups is 3. The Morgan fingerprint density at radius 2 is 1.79 bits per heavy atom. The van der Waals surface area contributed by atoms with Crippen LogP contribution in [-0.2, 0) is 20.8 Å². The summed E-state index contributed by atoms with van der Waals surface area (Å²) in [5, 5.41) is 8.41. The van der Waals surface area contributed by atoms with E-state index < -0.39 is 0 Å². The van der Waals surface area contributed by atoms with E-state index >= 15 is 0 Å². The van der Waals surface area contributed by atoms with Gasteiger partial charge in [0, 0.05) is 41.2 Å². The van der Waals surface area contributed by atoms with Crippen molar-refractivity contribution >= 4 is 45.0 Å². The largest absolute Gasteiger partial charge is 0.356 e. The van der Waals surface area contributed by atoms with Gasteiger partial charge in [0.25, 0.3) is 0 Å². The van der Waals surface area contributed by atoms with Crippen LogP contribution in [0.5, 0.6) is 0 Å². The molecule has 2 aromatic carbocycles. The molecule has 1 unspecified atom stereocenters. The van der Waals surface area contributed by atoms with Gasteiger partial charge < -0.3 is 16.0 Å². The Hall–Kier alpha value is -2.67. The highest BCUT2D eigenvalue weighted by atomic mass is 79.9. The molecule has 7 heteroatoms. The molecule has 3 rings (SSSR count). The van der Waals surface area contributed by atoms with Crippen molar-refractivity contribution in [2.45, 2.75) is 25.7 Å². The average Bonchev–Trinajstić information content (AvgIpc) is 2.68. The molecular formula is C21H22BrN3O3. The summed E-state index contributed by atoms with van der Waals surface area (Å²) < 4.78 is 0.938. The van der Waals surface area contributed by atoms with Crippen LogP contribution in [-0.4, -0.2) is 24.3 Å². The van der Waals surface area contributed by atoms with E-state index in [0.29, 0.717) is 18.5 Å².